The van der Waals surface area contributed by atoms with Gasteiger partial charge in [-0.2, -0.15) is 4.98 Å². The highest BCUT2D eigenvalue weighted by Gasteiger charge is 2.29. The van der Waals surface area contributed by atoms with Crippen LogP contribution >= 0.6 is 0 Å². The second kappa shape index (κ2) is 5.64. The number of aromatic nitrogens is 2. The lowest BCUT2D eigenvalue weighted by Gasteiger charge is -2.32. The van der Waals surface area contributed by atoms with Crippen LogP contribution in [0.25, 0.3) is 0 Å². The van der Waals surface area contributed by atoms with Gasteiger partial charge in [-0.05, 0) is 25.7 Å². The zero-order chi connectivity index (χ0) is 13.9. The molecule has 0 radical (unpaired) electrons. The van der Waals surface area contributed by atoms with E-state index < -0.39 is 0 Å². The van der Waals surface area contributed by atoms with Crippen LogP contribution in [-0.2, 0) is 9.53 Å². The number of rotatable bonds is 2. The number of likely N-dealkylation sites (tertiary alicyclic amines) is 1. The molecule has 3 rings (SSSR count). The van der Waals surface area contributed by atoms with E-state index in [9.17, 15) is 4.79 Å². The topological polar surface area (TPSA) is 68.5 Å². The van der Waals surface area contributed by atoms with E-state index in [-0.39, 0.29) is 11.8 Å². The van der Waals surface area contributed by atoms with Crippen molar-refractivity contribution in [3.8, 4) is 0 Å². The average Bonchev–Trinajstić information content (AvgIpc) is 2.94. The summed E-state index contributed by atoms with van der Waals surface area (Å²) in [5, 5.41) is 3.98. The summed E-state index contributed by atoms with van der Waals surface area (Å²) in [5.74, 6) is 1.56. The summed E-state index contributed by atoms with van der Waals surface area (Å²) in [6.45, 7) is 3.95. The van der Waals surface area contributed by atoms with Crippen LogP contribution < -0.4 is 0 Å². The van der Waals surface area contributed by atoms with Gasteiger partial charge in [-0.25, -0.2) is 0 Å². The van der Waals surface area contributed by atoms with Crippen LogP contribution in [-0.4, -0.2) is 40.6 Å². The summed E-state index contributed by atoms with van der Waals surface area (Å²) in [6.07, 6.45) is 5.31. The van der Waals surface area contributed by atoms with Crippen molar-refractivity contribution in [2.24, 2.45) is 0 Å². The van der Waals surface area contributed by atoms with Crippen molar-refractivity contribution >= 4 is 5.91 Å². The molecular weight excluding hydrogens is 258 g/mol. The number of hydrogen-bond acceptors (Lipinski definition) is 5. The molecule has 0 N–H and O–H groups in total. The molecule has 1 amide bonds. The standard InChI is InChI=1S/C14H19N3O3/c1-10-15-13(16-20-10)11-4-2-6-17(8-11)14(18)12-5-3-7-19-9-12/h9,11H,2-8H2,1H3. The Hall–Kier alpha value is -1.85. The summed E-state index contributed by atoms with van der Waals surface area (Å²) in [7, 11) is 0. The van der Waals surface area contributed by atoms with E-state index in [4.69, 9.17) is 9.26 Å². The van der Waals surface area contributed by atoms with Gasteiger partial charge < -0.3 is 14.2 Å². The van der Waals surface area contributed by atoms with Gasteiger partial charge in [-0.3, -0.25) is 4.79 Å². The second-order valence-corrected chi connectivity index (χ2v) is 5.38. The number of hydrogen-bond donors (Lipinski definition) is 0. The van der Waals surface area contributed by atoms with E-state index in [0.29, 0.717) is 24.9 Å². The van der Waals surface area contributed by atoms with Gasteiger partial charge in [0.2, 0.25) is 5.89 Å². The Kier molecular flexibility index (Phi) is 3.71. The molecule has 1 fully saturated rings. The summed E-state index contributed by atoms with van der Waals surface area (Å²) in [5.41, 5.74) is 0.779. The first-order chi connectivity index (χ1) is 9.74. The number of amides is 1. The Bertz CT molecular complexity index is 523. The van der Waals surface area contributed by atoms with E-state index in [1.807, 2.05) is 4.90 Å². The van der Waals surface area contributed by atoms with Crippen molar-refractivity contribution in [1.29, 1.82) is 0 Å². The van der Waals surface area contributed by atoms with Crippen LogP contribution in [0.5, 0.6) is 0 Å². The van der Waals surface area contributed by atoms with E-state index in [0.717, 1.165) is 37.8 Å². The number of carbonyl (C=O) groups excluding carboxylic acids is 1. The largest absolute Gasteiger partial charge is 0.501 e. The lowest BCUT2D eigenvalue weighted by atomic mass is 9.96. The normalized spacial score (nSPS) is 23.1. The smallest absolute Gasteiger partial charge is 0.252 e. The van der Waals surface area contributed by atoms with Crippen molar-refractivity contribution in [2.45, 2.75) is 38.5 Å². The van der Waals surface area contributed by atoms with Crippen molar-refractivity contribution in [3.63, 3.8) is 0 Å². The summed E-state index contributed by atoms with van der Waals surface area (Å²) in [4.78, 5) is 18.6. The number of aryl methyl sites for hydroxylation is 1. The van der Waals surface area contributed by atoms with Crippen LogP contribution in [0.15, 0.2) is 16.4 Å². The molecule has 2 aliphatic rings. The summed E-state index contributed by atoms with van der Waals surface area (Å²) >= 11 is 0. The number of carbonyl (C=O) groups is 1. The summed E-state index contributed by atoms with van der Waals surface area (Å²) < 4.78 is 10.3. The fourth-order valence-corrected chi connectivity index (χ4v) is 2.78. The minimum atomic E-state index is 0.0922. The first-order valence-electron chi connectivity index (χ1n) is 7.14. The van der Waals surface area contributed by atoms with E-state index in [1.54, 1.807) is 13.2 Å². The first-order valence-corrected chi connectivity index (χ1v) is 7.14. The molecule has 108 valence electrons. The van der Waals surface area contributed by atoms with Crippen LogP contribution in [0.4, 0.5) is 0 Å². The third-order valence-electron chi connectivity index (χ3n) is 3.83. The molecule has 0 bridgehead atoms. The fourth-order valence-electron chi connectivity index (χ4n) is 2.78. The van der Waals surface area contributed by atoms with E-state index >= 15 is 0 Å². The Morgan fingerprint density at radius 2 is 2.35 bits per heavy atom. The van der Waals surface area contributed by atoms with Gasteiger partial charge in [0, 0.05) is 25.9 Å². The van der Waals surface area contributed by atoms with Gasteiger partial charge in [0.05, 0.1) is 18.4 Å². The molecule has 20 heavy (non-hydrogen) atoms. The number of nitrogens with zero attached hydrogens (tertiary/aromatic N) is 3. The molecule has 1 unspecified atom stereocenters. The van der Waals surface area contributed by atoms with Gasteiger partial charge in [0.25, 0.3) is 5.91 Å². The van der Waals surface area contributed by atoms with Crippen molar-refractivity contribution in [2.75, 3.05) is 19.7 Å². The highest BCUT2D eigenvalue weighted by Crippen LogP contribution is 2.26. The van der Waals surface area contributed by atoms with Gasteiger partial charge in [-0.1, -0.05) is 5.16 Å². The molecule has 0 spiro atoms. The molecule has 2 aliphatic heterocycles. The molecule has 0 aliphatic carbocycles. The maximum absolute atomic E-state index is 12.4. The Balaban J connectivity index is 1.68. The molecule has 6 nitrogen and oxygen atoms in total. The van der Waals surface area contributed by atoms with Crippen LogP contribution in [0.1, 0.15) is 43.3 Å². The Labute approximate surface area is 117 Å². The van der Waals surface area contributed by atoms with Gasteiger partial charge in [-0.15, -0.1) is 0 Å². The van der Waals surface area contributed by atoms with Crippen molar-refractivity contribution in [3.05, 3.63) is 23.6 Å². The molecule has 0 saturated carbocycles. The predicted molar refractivity (Wildman–Crippen MR) is 70.9 cm³/mol. The molecule has 1 aromatic heterocycles. The molecule has 6 heteroatoms. The molecule has 1 saturated heterocycles. The highest BCUT2D eigenvalue weighted by molar-refractivity contribution is 5.93. The molecular formula is C14H19N3O3. The minimum absolute atomic E-state index is 0.0922. The maximum Gasteiger partial charge on any atom is 0.252 e. The van der Waals surface area contributed by atoms with Crippen molar-refractivity contribution < 1.29 is 14.1 Å². The Morgan fingerprint density at radius 1 is 1.45 bits per heavy atom. The van der Waals surface area contributed by atoms with Crippen molar-refractivity contribution in [1.82, 2.24) is 15.0 Å². The van der Waals surface area contributed by atoms with Crippen LogP contribution in [0, 0.1) is 6.92 Å². The van der Waals surface area contributed by atoms with Gasteiger partial charge in [0.15, 0.2) is 5.82 Å². The zero-order valence-corrected chi connectivity index (χ0v) is 11.7. The van der Waals surface area contributed by atoms with Crippen LogP contribution in [0.2, 0.25) is 0 Å². The SMILES string of the molecule is Cc1nc(C2CCCN(C(=O)C3=COCCC3)C2)no1. The molecule has 0 aromatic carbocycles. The highest BCUT2D eigenvalue weighted by atomic mass is 16.5. The zero-order valence-electron chi connectivity index (χ0n) is 11.7. The number of ether oxygens (including phenoxy) is 1. The van der Waals surface area contributed by atoms with E-state index in [2.05, 4.69) is 10.1 Å². The average molecular weight is 277 g/mol. The predicted octanol–water partition coefficient (Wildman–Crippen LogP) is 1.78. The molecule has 3 heterocycles. The molecule has 1 aromatic rings. The lowest BCUT2D eigenvalue weighted by Crippen LogP contribution is -2.40. The first kappa shape index (κ1) is 13.1. The number of piperidine rings is 1. The quantitative estimate of drug-likeness (QED) is 0.824. The lowest BCUT2D eigenvalue weighted by molar-refractivity contribution is -0.128. The fraction of sp³-hybridized carbons (Fsp3) is 0.643. The minimum Gasteiger partial charge on any atom is -0.501 e. The monoisotopic (exact) mass is 277 g/mol. The van der Waals surface area contributed by atoms with Gasteiger partial charge in [0.1, 0.15) is 0 Å². The van der Waals surface area contributed by atoms with Gasteiger partial charge >= 0.3 is 0 Å². The third kappa shape index (κ3) is 2.69. The van der Waals surface area contributed by atoms with Crippen LogP contribution in [0.3, 0.4) is 0 Å². The maximum atomic E-state index is 12.4. The van der Waals surface area contributed by atoms with E-state index in [1.165, 1.54) is 0 Å². The Morgan fingerprint density at radius 3 is 3.05 bits per heavy atom. The third-order valence-corrected chi connectivity index (χ3v) is 3.83. The second-order valence-electron chi connectivity index (χ2n) is 5.38. The summed E-state index contributed by atoms with van der Waals surface area (Å²) in [6, 6.07) is 0. The molecule has 1 atom stereocenters.